The van der Waals surface area contributed by atoms with Crippen LogP contribution < -0.4 is 5.73 Å². The van der Waals surface area contributed by atoms with Crippen LogP contribution in [0.4, 0.5) is 4.39 Å². The molecule has 88 valence electrons. The molecule has 0 aliphatic carbocycles. The van der Waals surface area contributed by atoms with Crippen molar-refractivity contribution in [2.45, 2.75) is 30.4 Å². The molecule has 0 bridgehead atoms. The van der Waals surface area contributed by atoms with E-state index in [2.05, 4.69) is 0 Å². The van der Waals surface area contributed by atoms with Gasteiger partial charge in [-0.25, -0.2) is 4.39 Å². The maximum Gasteiger partial charge on any atom is 0.128 e. The van der Waals surface area contributed by atoms with Crippen molar-refractivity contribution >= 4 is 11.8 Å². The van der Waals surface area contributed by atoms with Crippen LogP contribution in [-0.4, -0.2) is 18.5 Å². The highest BCUT2D eigenvalue weighted by atomic mass is 32.2. The largest absolute Gasteiger partial charge is 0.377 e. The van der Waals surface area contributed by atoms with Gasteiger partial charge in [-0.3, -0.25) is 0 Å². The first-order chi connectivity index (χ1) is 7.81. The molecule has 1 aliphatic heterocycles. The Hall–Kier alpha value is -0.580. The van der Waals surface area contributed by atoms with Crippen LogP contribution in [0.25, 0.3) is 0 Å². The number of ether oxygens (including phenoxy) is 1. The molecule has 2 nitrogen and oxygen atoms in total. The Bertz CT molecular complexity index is 353. The molecule has 4 heteroatoms. The van der Waals surface area contributed by atoms with E-state index >= 15 is 0 Å². The number of benzene rings is 1. The van der Waals surface area contributed by atoms with Crippen molar-refractivity contribution in [1.82, 2.24) is 0 Å². The van der Waals surface area contributed by atoms with Crippen molar-refractivity contribution in [1.29, 1.82) is 0 Å². The molecule has 0 amide bonds. The van der Waals surface area contributed by atoms with Crippen molar-refractivity contribution in [3.05, 3.63) is 29.6 Å². The molecule has 1 atom stereocenters. The molecule has 0 aromatic heterocycles. The van der Waals surface area contributed by atoms with Crippen molar-refractivity contribution in [2.75, 3.05) is 12.4 Å². The SMILES string of the molecule is NCc1c(F)cccc1SCC1CCCO1. The predicted molar refractivity (Wildman–Crippen MR) is 64.0 cm³/mol. The highest BCUT2D eigenvalue weighted by Gasteiger charge is 2.16. The molecule has 16 heavy (non-hydrogen) atoms. The van der Waals surface area contributed by atoms with Gasteiger partial charge in [0.1, 0.15) is 5.82 Å². The van der Waals surface area contributed by atoms with Crippen LogP contribution in [0, 0.1) is 5.82 Å². The topological polar surface area (TPSA) is 35.2 Å². The van der Waals surface area contributed by atoms with E-state index in [1.165, 1.54) is 6.07 Å². The van der Waals surface area contributed by atoms with Gasteiger partial charge in [-0.2, -0.15) is 0 Å². The van der Waals surface area contributed by atoms with Gasteiger partial charge < -0.3 is 10.5 Å². The Morgan fingerprint density at radius 3 is 3.06 bits per heavy atom. The number of halogens is 1. The van der Waals surface area contributed by atoms with Crippen LogP contribution in [0.1, 0.15) is 18.4 Å². The number of rotatable bonds is 4. The van der Waals surface area contributed by atoms with Crippen LogP contribution in [0.3, 0.4) is 0 Å². The average Bonchev–Trinajstić information content (AvgIpc) is 2.79. The first kappa shape index (κ1) is 11.9. The van der Waals surface area contributed by atoms with Crippen LogP contribution in [0.2, 0.25) is 0 Å². The Labute approximate surface area is 99.4 Å². The maximum atomic E-state index is 13.4. The standard InChI is InChI=1S/C12H16FNOS/c13-11-4-1-5-12(10(11)7-14)16-8-9-3-2-6-15-9/h1,4-5,9H,2-3,6-8,14H2. The van der Waals surface area contributed by atoms with E-state index in [4.69, 9.17) is 10.5 Å². The molecule has 0 radical (unpaired) electrons. The van der Waals surface area contributed by atoms with Gasteiger partial charge in [-0.15, -0.1) is 11.8 Å². The summed E-state index contributed by atoms with van der Waals surface area (Å²) in [5.41, 5.74) is 6.17. The summed E-state index contributed by atoms with van der Waals surface area (Å²) in [6, 6.07) is 5.11. The second-order valence-electron chi connectivity index (χ2n) is 3.87. The van der Waals surface area contributed by atoms with E-state index in [-0.39, 0.29) is 12.4 Å². The summed E-state index contributed by atoms with van der Waals surface area (Å²) in [6.45, 7) is 1.11. The van der Waals surface area contributed by atoms with Crippen molar-refractivity contribution in [2.24, 2.45) is 5.73 Å². The summed E-state index contributed by atoms with van der Waals surface area (Å²) >= 11 is 1.64. The lowest BCUT2D eigenvalue weighted by molar-refractivity contribution is 0.129. The molecule has 1 heterocycles. The highest BCUT2D eigenvalue weighted by Crippen LogP contribution is 2.27. The Morgan fingerprint density at radius 2 is 2.38 bits per heavy atom. The molecule has 1 unspecified atom stereocenters. The fourth-order valence-electron chi connectivity index (χ4n) is 1.83. The predicted octanol–water partition coefficient (Wildman–Crippen LogP) is 2.56. The molecule has 0 saturated carbocycles. The number of hydrogen-bond acceptors (Lipinski definition) is 3. The van der Waals surface area contributed by atoms with Crippen molar-refractivity contribution < 1.29 is 9.13 Å². The molecule has 1 saturated heterocycles. The fraction of sp³-hybridized carbons (Fsp3) is 0.500. The van der Waals surface area contributed by atoms with Gasteiger partial charge in [-0.05, 0) is 25.0 Å². The van der Waals surface area contributed by atoms with Gasteiger partial charge in [-0.1, -0.05) is 6.07 Å². The quantitative estimate of drug-likeness (QED) is 0.823. The van der Waals surface area contributed by atoms with Crippen LogP contribution >= 0.6 is 11.8 Å². The monoisotopic (exact) mass is 241 g/mol. The van der Waals surface area contributed by atoms with E-state index in [0.717, 1.165) is 30.1 Å². The van der Waals surface area contributed by atoms with Gasteiger partial charge in [0, 0.05) is 29.4 Å². The Balaban J connectivity index is 2.00. The zero-order valence-electron chi connectivity index (χ0n) is 9.12. The Kier molecular flexibility index (Phi) is 4.21. The number of thioether (sulfide) groups is 1. The molecule has 1 fully saturated rings. The zero-order chi connectivity index (χ0) is 11.4. The third-order valence-corrected chi connectivity index (χ3v) is 3.96. The molecular formula is C12H16FNOS. The molecular weight excluding hydrogens is 225 g/mol. The van der Waals surface area contributed by atoms with Gasteiger partial charge in [0.2, 0.25) is 0 Å². The summed E-state index contributed by atoms with van der Waals surface area (Å²) in [5.74, 6) is 0.677. The number of hydrogen-bond donors (Lipinski definition) is 1. The van der Waals surface area contributed by atoms with Gasteiger partial charge in [0.15, 0.2) is 0 Å². The van der Waals surface area contributed by atoms with E-state index in [0.29, 0.717) is 11.7 Å². The summed E-state index contributed by atoms with van der Waals surface area (Å²) in [7, 11) is 0. The smallest absolute Gasteiger partial charge is 0.128 e. The second kappa shape index (κ2) is 5.66. The lowest BCUT2D eigenvalue weighted by Gasteiger charge is -2.11. The molecule has 0 spiro atoms. The third kappa shape index (κ3) is 2.75. The summed E-state index contributed by atoms with van der Waals surface area (Å²) < 4.78 is 19.0. The van der Waals surface area contributed by atoms with E-state index in [1.54, 1.807) is 17.8 Å². The lowest BCUT2D eigenvalue weighted by atomic mass is 10.2. The molecule has 1 aromatic rings. The van der Waals surface area contributed by atoms with Gasteiger partial charge in [0.05, 0.1) is 6.10 Å². The van der Waals surface area contributed by atoms with Crippen LogP contribution in [0.15, 0.2) is 23.1 Å². The highest BCUT2D eigenvalue weighted by molar-refractivity contribution is 7.99. The first-order valence-corrected chi connectivity index (χ1v) is 6.51. The maximum absolute atomic E-state index is 13.4. The summed E-state index contributed by atoms with van der Waals surface area (Å²) in [4.78, 5) is 0.943. The molecule has 1 aromatic carbocycles. The third-order valence-electron chi connectivity index (χ3n) is 2.73. The lowest BCUT2D eigenvalue weighted by Crippen LogP contribution is -2.09. The van der Waals surface area contributed by atoms with Crippen LogP contribution in [-0.2, 0) is 11.3 Å². The Morgan fingerprint density at radius 1 is 1.50 bits per heavy atom. The van der Waals surface area contributed by atoms with Crippen LogP contribution in [0.5, 0.6) is 0 Å². The minimum Gasteiger partial charge on any atom is -0.377 e. The first-order valence-electron chi connectivity index (χ1n) is 5.53. The normalized spacial score (nSPS) is 20.2. The number of nitrogens with two attached hydrogens (primary N) is 1. The van der Waals surface area contributed by atoms with E-state index in [9.17, 15) is 4.39 Å². The van der Waals surface area contributed by atoms with Gasteiger partial charge >= 0.3 is 0 Å². The minimum absolute atomic E-state index is 0.208. The molecule has 2 rings (SSSR count). The molecule has 2 N–H and O–H groups in total. The van der Waals surface area contributed by atoms with Gasteiger partial charge in [0.25, 0.3) is 0 Å². The zero-order valence-corrected chi connectivity index (χ0v) is 9.93. The molecule has 1 aliphatic rings. The fourth-order valence-corrected chi connectivity index (χ4v) is 2.99. The van der Waals surface area contributed by atoms with E-state index < -0.39 is 0 Å². The van der Waals surface area contributed by atoms with Crippen molar-refractivity contribution in [3.8, 4) is 0 Å². The summed E-state index contributed by atoms with van der Waals surface area (Å²) in [6.07, 6.45) is 2.57. The average molecular weight is 241 g/mol. The minimum atomic E-state index is -0.208. The summed E-state index contributed by atoms with van der Waals surface area (Å²) in [5, 5.41) is 0. The second-order valence-corrected chi connectivity index (χ2v) is 4.93. The van der Waals surface area contributed by atoms with E-state index in [1.807, 2.05) is 6.07 Å². The van der Waals surface area contributed by atoms with Crippen molar-refractivity contribution in [3.63, 3.8) is 0 Å².